The lowest BCUT2D eigenvalue weighted by Gasteiger charge is -2.19. The third-order valence-electron chi connectivity index (χ3n) is 4.22. The number of halogens is 2. The maximum Gasteiger partial charge on any atom is 0.226 e. The van der Waals surface area contributed by atoms with Crippen molar-refractivity contribution in [3.05, 3.63) is 70.0 Å². The van der Waals surface area contributed by atoms with Gasteiger partial charge in [-0.2, -0.15) is 0 Å². The molecule has 2 unspecified atom stereocenters. The quantitative estimate of drug-likeness (QED) is 0.797. The summed E-state index contributed by atoms with van der Waals surface area (Å²) in [4.78, 5) is 12.5. The smallest absolute Gasteiger partial charge is 0.226 e. The number of aryl methyl sites for hydroxylation is 1. The molecule has 0 radical (unpaired) electrons. The summed E-state index contributed by atoms with van der Waals surface area (Å²) in [5.41, 5.74) is 9.13. The maximum atomic E-state index is 13.1. The van der Waals surface area contributed by atoms with E-state index in [1.54, 1.807) is 6.07 Å². The van der Waals surface area contributed by atoms with E-state index in [1.165, 1.54) is 17.7 Å². The van der Waals surface area contributed by atoms with E-state index in [4.69, 9.17) is 11.6 Å². The van der Waals surface area contributed by atoms with Gasteiger partial charge < -0.3 is 5.32 Å². The van der Waals surface area contributed by atoms with Crippen LogP contribution in [0.2, 0.25) is 5.02 Å². The van der Waals surface area contributed by atoms with E-state index in [9.17, 15) is 9.18 Å². The van der Waals surface area contributed by atoms with Crippen molar-refractivity contribution < 1.29 is 9.18 Å². The highest BCUT2D eigenvalue weighted by molar-refractivity contribution is 6.31. The number of carbonyl (C=O) groups is 1. The third-order valence-corrected chi connectivity index (χ3v) is 4.58. The Labute approximate surface area is 145 Å². The lowest BCUT2D eigenvalue weighted by atomic mass is 9.93. The first-order valence-corrected chi connectivity index (χ1v) is 8.19. The molecule has 3 rings (SSSR count). The highest BCUT2D eigenvalue weighted by Crippen LogP contribution is 2.25. The first kappa shape index (κ1) is 16.9. The zero-order valence-corrected chi connectivity index (χ0v) is 14.0. The summed E-state index contributed by atoms with van der Waals surface area (Å²) >= 11 is 6.00. The van der Waals surface area contributed by atoms with Gasteiger partial charge in [-0.3, -0.25) is 10.2 Å². The Bertz CT molecular complexity index is 736. The SMILES string of the molecule is Cc1ccc(C2NNCC2C(=O)NCc2ccc(F)cc2Cl)cc1. The minimum Gasteiger partial charge on any atom is -0.352 e. The molecule has 1 aliphatic heterocycles. The van der Waals surface area contributed by atoms with Crippen LogP contribution in [0.4, 0.5) is 4.39 Å². The van der Waals surface area contributed by atoms with Crippen molar-refractivity contribution >= 4 is 17.5 Å². The minimum atomic E-state index is -0.390. The fourth-order valence-corrected chi connectivity index (χ4v) is 3.04. The number of carbonyl (C=O) groups excluding carboxylic acids is 1. The Morgan fingerprint density at radius 2 is 2.04 bits per heavy atom. The van der Waals surface area contributed by atoms with Crippen LogP contribution in [0.1, 0.15) is 22.7 Å². The van der Waals surface area contributed by atoms with Crippen molar-refractivity contribution in [2.45, 2.75) is 19.5 Å². The van der Waals surface area contributed by atoms with E-state index >= 15 is 0 Å². The molecule has 1 saturated heterocycles. The highest BCUT2D eigenvalue weighted by Gasteiger charge is 2.33. The lowest BCUT2D eigenvalue weighted by molar-refractivity contribution is -0.125. The van der Waals surface area contributed by atoms with Gasteiger partial charge in [-0.1, -0.05) is 47.5 Å². The fourth-order valence-electron chi connectivity index (χ4n) is 2.81. The van der Waals surface area contributed by atoms with Crippen LogP contribution in [0.15, 0.2) is 42.5 Å². The van der Waals surface area contributed by atoms with Crippen LogP contribution in [0.3, 0.4) is 0 Å². The average molecular weight is 348 g/mol. The molecule has 0 aromatic heterocycles. The number of hydrogen-bond acceptors (Lipinski definition) is 3. The number of benzene rings is 2. The van der Waals surface area contributed by atoms with Crippen molar-refractivity contribution in [2.24, 2.45) is 5.92 Å². The van der Waals surface area contributed by atoms with Crippen LogP contribution in [-0.4, -0.2) is 12.5 Å². The Morgan fingerprint density at radius 1 is 1.29 bits per heavy atom. The molecule has 0 bridgehead atoms. The molecule has 4 nitrogen and oxygen atoms in total. The second kappa shape index (κ2) is 7.30. The summed E-state index contributed by atoms with van der Waals surface area (Å²) in [6.45, 7) is 2.84. The highest BCUT2D eigenvalue weighted by atomic mass is 35.5. The van der Waals surface area contributed by atoms with Crippen LogP contribution in [-0.2, 0) is 11.3 Å². The van der Waals surface area contributed by atoms with Crippen LogP contribution in [0.5, 0.6) is 0 Å². The van der Waals surface area contributed by atoms with Gasteiger partial charge in [0.05, 0.1) is 12.0 Å². The zero-order chi connectivity index (χ0) is 17.1. The monoisotopic (exact) mass is 347 g/mol. The van der Waals surface area contributed by atoms with Gasteiger partial charge in [-0.15, -0.1) is 0 Å². The van der Waals surface area contributed by atoms with Crippen molar-refractivity contribution in [3.63, 3.8) is 0 Å². The van der Waals surface area contributed by atoms with Gasteiger partial charge in [0, 0.05) is 18.1 Å². The normalized spacial score (nSPS) is 20.1. The molecule has 1 heterocycles. The summed E-state index contributed by atoms with van der Waals surface area (Å²) in [5.74, 6) is -0.691. The number of amides is 1. The summed E-state index contributed by atoms with van der Waals surface area (Å²) in [7, 11) is 0. The predicted octanol–water partition coefficient (Wildman–Crippen LogP) is 2.87. The molecule has 0 saturated carbocycles. The molecule has 126 valence electrons. The molecule has 2 aromatic rings. The topological polar surface area (TPSA) is 53.2 Å². The van der Waals surface area contributed by atoms with Crippen molar-refractivity contribution in [1.29, 1.82) is 0 Å². The Kier molecular flexibility index (Phi) is 5.14. The van der Waals surface area contributed by atoms with Gasteiger partial charge in [0.1, 0.15) is 5.82 Å². The molecular formula is C18H19ClFN3O. The summed E-state index contributed by atoms with van der Waals surface area (Å²) < 4.78 is 13.1. The van der Waals surface area contributed by atoms with Crippen LogP contribution >= 0.6 is 11.6 Å². The van der Waals surface area contributed by atoms with Crippen LogP contribution in [0, 0.1) is 18.7 Å². The van der Waals surface area contributed by atoms with Gasteiger partial charge in [0.15, 0.2) is 0 Å². The second-order valence-corrected chi connectivity index (χ2v) is 6.38. The van der Waals surface area contributed by atoms with Crippen LogP contribution < -0.4 is 16.2 Å². The van der Waals surface area contributed by atoms with E-state index < -0.39 is 5.82 Å². The molecule has 3 N–H and O–H groups in total. The van der Waals surface area contributed by atoms with E-state index in [1.807, 2.05) is 31.2 Å². The van der Waals surface area contributed by atoms with E-state index in [2.05, 4.69) is 16.2 Å². The first-order chi connectivity index (χ1) is 11.5. The second-order valence-electron chi connectivity index (χ2n) is 5.97. The molecule has 24 heavy (non-hydrogen) atoms. The van der Waals surface area contributed by atoms with E-state index in [0.717, 1.165) is 5.56 Å². The predicted molar refractivity (Wildman–Crippen MR) is 91.8 cm³/mol. The summed E-state index contributed by atoms with van der Waals surface area (Å²) in [5, 5.41) is 3.20. The number of nitrogens with one attached hydrogen (secondary N) is 3. The number of hydrogen-bond donors (Lipinski definition) is 3. The van der Waals surface area contributed by atoms with E-state index in [0.29, 0.717) is 17.1 Å². The fraction of sp³-hybridized carbons (Fsp3) is 0.278. The standard InChI is InChI=1S/C18H19ClFN3O/c1-11-2-4-12(5-3-11)17-15(10-22-23-17)18(24)21-9-13-6-7-14(20)8-16(13)19/h2-8,15,17,22-23H,9-10H2,1H3,(H,21,24). The third kappa shape index (κ3) is 3.75. The molecule has 0 aliphatic carbocycles. The van der Waals surface area contributed by atoms with E-state index in [-0.39, 0.29) is 24.4 Å². The molecule has 1 aliphatic rings. The van der Waals surface area contributed by atoms with Gasteiger partial charge in [-0.25, -0.2) is 9.82 Å². The first-order valence-electron chi connectivity index (χ1n) is 7.81. The van der Waals surface area contributed by atoms with Crippen molar-refractivity contribution in [1.82, 2.24) is 16.2 Å². The minimum absolute atomic E-state index is 0.0709. The van der Waals surface area contributed by atoms with Crippen molar-refractivity contribution in [2.75, 3.05) is 6.54 Å². The molecule has 1 amide bonds. The largest absolute Gasteiger partial charge is 0.352 e. The molecule has 6 heteroatoms. The van der Waals surface area contributed by atoms with Gasteiger partial charge in [0.25, 0.3) is 0 Å². The number of rotatable bonds is 4. The van der Waals surface area contributed by atoms with Gasteiger partial charge >= 0.3 is 0 Å². The summed E-state index contributed by atoms with van der Waals surface area (Å²) in [6, 6.07) is 12.2. The Morgan fingerprint density at radius 3 is 2.75 bits per heavy atom. The lowest BCUT2D eigenvalue weighted by Crippen LogP contribution is -2.34. The molecule has 0 spiro atoms. The Balaban J connectivity index is 1.66. The van der Waals surface area contributed by atoms with Crippen LogP contribution in [0.25, 0.3) is 0 Å². The number of hydrazine groups is 1. The van der Waals surface area contributed by atoms with Crippen molar-refractivity contribution in [3.8, 4) is 0 Å². The molecular weight excluding hydrogens is 329 g/mol. The summed E-state index contributed by atoms with van der Waals surface area (Å²) in [6.07, 6.45) is 0. The zero-order valence-electron chi connectivity index (χ0n) is 13.3. The molecule has 2 atom stereocenters. The molecule has 2 aromatic carbocycles. The molecule has 1 fully saturated rings. The average Bonchev–Trinajstić information content (AvgIpc) is 3.04. The Hall–Kier alpha value is -1.95. The maximum absolute atomic E-state index is 13.1. The van der Waals surface area contributed by atoms with Gasteiger partial charge in [-0.05, 0) is 30.2 Å². The van der Waals surface area contributed by atoms with Gasteiger partial charge in [0.2, 0.25) is 5.91 Å².